The molecule has 0 aliphatic carbocycles. The molecular formula is C24H27FN6O3. The van der Waals surface area contributed by atoms with Crippen LogP contribution in [0.15, 0.2) is 48.8 Å². The van der Waals surface area contributed by atoms with Crippen LogP contribution in [0.2, 0.25) is 0 Å². The van der Waals surface area contributed by atoms with Crippen LogP contribution in [0.3, 0.4) is 0 Å². The molecular weight excluding hydrogens is 439 g/mol. The number of nitrogens with one attached hydrogen (secondary N) is 3. The van der Waals surface area contributed by atoms with Gasteiger partial charge < -0.3 is 26.1 Å². The van der Waals surface area contributed by atoms with Gasteiger partial charge >= 0.3 is 6.09 Å². The number of nitrogens with two attached hydrogens (primary N) is 1. The van der Waals surface area contributed by atoms with Crippen molar-refractivity contribution in [1.29, 1.82) is 0 Å². The Morgan fingerprint density at radius 3 is 2.76 bits per heavy atom. The van der Waals surface area contributed by atoms with Crippen LogP contribution in [0.1, 0.15) is 31.1 Å². The molecule has 2 aromatic carbocycles. The monoisotopic (exact) mass is 466 g/mol. The number of H-pyrrole nitrogens is 1. The average Bonchev–Trinajstić information content (AvgIpc) is 3.43. The normalized spacial score (nSPS) is 16.3. The lowest BCUT2D eigenvalue weighted by Crippen LogP contribution is -2.33. The number of rotatable bonds is 8. The van der Waals surface area contributed by atoms with Crippen molar-refractivity contribution in [3.63, 3.8) is 0 Å². The molecule has 10 heteroatoms. The summed E-state index contributed by atoms with van der Waals surface area (Å²) in [5.74, 6) is 0.0581. The quantitative estimate of drug-likeness (QED) is 0.404. The Morgan fingerprint density at radius 2 is 2.09 bits per heavy atom. The fraction of sp³-hybridized carbons (Fsp3) is 0.292. The number of cyclic esters (lactones) is 1. The molecule has 1 aromatic heterocycles. The Labute approximate surface area is 196 Å². The summed E-state index contributed by atoms with van der Waals surface area (Å²) in [5, 5.41) is 5.87. The molecule has 34 heavy (non-hydrogen) atoms. The molecule has 3 aromatic rings. The van der Waals surface area contributed by atoms with Gasteiger partial charge in [-0.15, -0.1) is 0 Å². The molecule has 2 amide bonds. The fourth-order valence-corrected chi connectivity index (χ4v) is 3.78. The first-order valence-electron chi connectivity index (χ1n) is 11.0. The van der Waals surface area contributed by atoms with E-state index in [1.54, 1.807) is 18.5 Å². The van der Waals surface area contributed by atoms with Crippen molar-refractivity contribution in [2.45, 2.75) is 32.5 Å². The third-order valence-electron chi connectivity index (χ3n) is 5.57. The van der Waals surface area contributed by atoms with Crippen LogP contribution in [0.4, 0.5) is 20.7 Å². The van der Waals surface area contributed by atoms with Crippen molar-refractivity contribution in [3.8, 4) is 11.1 Å². The summed E-state index contributed by atoms with van der Waals surface area (Å²) in [6.07, 6.45) is 0.552. The molecule has 0 bridgehead atoms. The van der Waals surface area contributed by atoms with E-state index in [0.29, 0.717) is 23.6 Å². The molecule has 2 heterocycles. The summed E-state index contributed by atoms with van der Waals surface area (Å²) in [4.78, 5) is 31.9. The number of hydrogen-bond donors (Lipinski definition) is 4. The van der Waals surface area contributed by atoms with E-state index in [2.05, 4.69) is 20.6 Å². The van der Waals surface area contributed by atoms with E-state index in [1.165, 1.54) is 17.9 Å². The Balaban J connectivity index is 1.41. The predicted molar refractivity (Wildman–Crippen MR) is 127 cm³/mol. The lowest BCUT2D eigenvalue weighted by Gasteiger charge is -2.15. The number of carbonyl (C=O) groups is 2. The number of aromatic nitrogens is 2. The summed E-state index contributed by atoms with van der Waals surface area (Å²) in [5.41, 5.74) is 9.32. The summed E-state index contributed by atoms with van der Waals surface area (Å²) in [6.45, 7) is 4.27. The second-order valence-electron chi connectivity index (χ2n) is 8.22. The number of hydrogen-bond acceptors (Lipinski definition) is 6. The van der Waals surface area contributed by atoms with Crippen LogP contribution in [0, 0.1) is 5.82 Å². The van der Waals surface area contributed by atoms with Crippen molar-refractivity contribution >= 4 is 23.5 Å². The Bertz CT molecular complexity index is 1180. The average molecular weight is 467 g/mol. The smallest absolute Gasteiger partial charge is 0.414 e. The molecule has 4 rings (SSSR count). The zero-order valence-corrected chi connectivity index (χ0v) is 19.0. The topological polar surface area (TPSA) is 125 Å². The van der Waals surface area contributed by atoms with Crippen molar-refractivity contribution < 1.29 is 18.7 Å². The van der Waals surface area contributed by atoms with Gasteiger partial charge in [-0.3, -0.25) is 9.69 Å². The van der Waals surface area contributed by atoms with E-state index in [1.807, 2.05) is 31.2 Å². The second kappa shape index (κ2) is 9.92. The van der Waals surface area contributed by atoms with Gasteiger partial charge in [0.2, 0.25) is 5.91 Å². The predicted octanol–water partition coefficient (Wildman–Crippen LogP) is 3.31. The molecule has 5 N–H and O–H groups in total. The number of aromatic amines is 1. The minimum atomic E-state index is -0.566. The van der Waals surface area contributed by atoms with Crippen molar-refractivity contribution in [2.24, 2.45) is 5.73 Å². The van der Waals surface area contributed by atoms with E-state index in [9.17, 15) is 14.0 Å². The molecule has 2 atom stereocenters. The number of imidazole rings is 1. The second-order valence-corrected chi connectivity index (χ2v) is 8.22. The number of amides is 2. The third kappa shape index (κ3) is 5.18. The van der Waals surface area contributed by atoms with Gasteiger partial charge in [0.05, 0.1) is 30.8 Å². The third-order valence-corrected chi connectivity index (χ3v) is 5.57. The van der Waals surface area contributed by atoms with Crippen LogP contribution >= 0.6 is 0 Å². The fourth-order valence-electron chi connectivity index (χ4n) is 3.78. The SMILES string of the molecule is CC(=O)NC[C@H]1CN(c2ccc(-c3ccc(CNc4nc[nH]c4C(C)N)cc3)c(F)c2)C(=O)O1. The van der Waals surface area contributed by atoms with Crippen LogP contribution < -0.4 is 21.3 Å². The number of ether oxygens (including phenoxy) is 1. The van der Waals surface area contributed by atoms with Gasteiger partial charge in [-0.1, -0.05) is 24.3 Å². The van der Waals surface area contributed by atoms with Crippen LogP contribution in [0.25, 0.3) is 11.1 Å². The van der Waals surface area contributed by atoms with Crippen LogP contribution in [-0.2, 0) is 16.1 Å². The lowest BCUT2D eigenvalue weighted by atomic mass is 10.0. The highest BCUT2D eigenvalue weighted by molar-refractivity contribution is 5.90. The van der Waals surface area contributed by atoms with Gasteiger partial charge in [0, 0.05) is 25.1 Å². The van der Waals surface area contributed by atoms with Crippen molar-refractivity contribution in [1.82, 2.24) is 15.3 Å². The van der Waals surface area contributed by atoms with Gasteiger partial charge in [-0.05, 0) is 36.2 Å². The van der Waals surface area contributed by atoms with Gasteiger partial charge in [-0.25, -0.2) is 14.2 Å². The number of carbonyl (C=O) groups excluding carboxylic acids is 2. The van der Waals surface area contributed by atoms with E-state index in [4.69, 9.17) is 10.5 Å². The number of halogens is 1. The zero-order chi connectivity index (χ0) is 24.2. The molecule has 1 saturated heterocycles. The van der Waals surface area contributed by atoms with E-state index in [-0.39, 0.29) is 25.0 Å². The summed E-state index contributed by atoms with van der Waals surface area (Å²) in [7, 11) is 0. The van der Waals surface area contributed by atoms with E-state index < -0.39 is 18.0 Å². The van der Waals surface area contributed by atoms with Crippen LogP contribution in [-0.4, -0.2) is 41.2 Å². The molecule has 1 aliphatic heterocycles. The number of anilines is 2. The maximum absolute atomic E-state index is 15.0. The minimum absolute atomic E-state index is 0.163. The number of nitrogens with zero attached hydrogens (tertiary/aromatic N) is 2. The summed E-state index contributed by atoms with van der Waals surface area (Å²) < 4.78 is 20.2. The van der Waals surface area contributed by atoms with Crippen molar-refractivity contribution in [2.75, 3.05) is 23.3 Å². The Morgan fingerprint density at radius 1 is 1.32 bits per heavy atom. The molecule has 0 saturated carbocycles. The van der Waals surface area contributed by atoms with Gasteiger partial charge in [-0.2, -0.15) is 0 Å². The minimum Gasteiger partial charge on any atom is -0.442 e. The van der Waals surface area contributed by atoms with Crippen molar-refractivity contribution in [3.05, 3.63) is 65.9 Å². The highest BCUT2D eigenvalue weighted by atomic mass is 19.1. The first-order valence-corrected chi connectivity index (χ1v) is 11.0. The highest BCUT2D eigenvalue weighted by Crippen LogP contribution is 2.29. The molecule has 1 aliphatic rings. The molecule has 9 nitrogen and oxygen atoms in total. The largest absolute Gasteiger partial charge is 0.442 e. The molecule has 178 valence electrons. The van der Waals surface area contributed by atoms with E-state index in [0.717, 1.165) is 16.8 Å². The Kier molecular flexibility index (Phi) is 6.78. The highest BCUT2D eigenvalue weighted by Gasteiger charge is 2.32. The van der Waals surface area contributed by atoms with Gasteiger partial charge in [0.1, 0.15) is 17.7 Å². The van der Waals surface area contributed by atoms with E-state index >= 15 is 0 Å². The summed E-state index contributed by atoms with van der Waals surface area (Å²) in [6, 6.07) is 12.0. The molecule has 1 unspecified atom stereocenters. The molecule has 0 spiro atoms. The first kappa shape index (κ1) is 23.2. The zero-order valence-electron chi connectivity index (χ0n) is 19.0. The molecule has 0 radical (unpaired) electrons. The maximum Gasteiger partial charge on any atom is 0.414 e. The van der Waals surface area contributed by atoms with Gasteiger partial charge in [0.25, 0.3) is 0 Å². The first-order chi connectivity index (χ1) is 16.3. The molecule has 1 fully saturated rings. The standard InChI is InChI=1S/C24H27FN6O3/c1-14(26)22-23(30-13-29-22)28-10-16-3-5-17(6-4-16)20-8-7-18(9-21(20)25)31-12-19(34-24(31)33)11-27-15(2)32/h3-9,13-14,19,28H,10-12,26H2,1-2H3,(H,27,32)(H,29,30)/t14?,19-/m0/s1. The van der Waals surface area contributed by atoms with Gasteiger partial charge in [0.15, 0.2) is 0 Å². The Hall–Kier alpha value is -3.92. The van der Waals surface area contributed by atoms with Crippen LogP contribution in [0.5, 0.6) is 0 Å². The summed E-state index contributed by atoms with van der Waals surface area (Å²) >= 11 is 0. The maximum atomic E-state index is 15.0. The lowest BCUT2D eigenvalue weighted by molar-refractivity contribution is -0.119. The number of benzene rings is 2.